The van der Waals surface area contributed by atoms with Crippen LogP contribution in [0.25, 0.3) is 6.08 Å². The predicted octanol–water partition coefficient (Wildman–Crippen LogP) is 4.94. The second kappa shape index (κ2) is 7.24. The van der Waals surface area contributed by atoms with E-state index in [1.165, 1.54) is 5.56 Å². The molecule has 0 heteroatoms. The highest BCUT2D eigenvalue weighted by Crippen LogP contribution is 2.04. The molecule has 0 aromatic heterocycles. The smallest absolute Gasteiger partial charge is 0.0257 e. The molecule has 0 heterocycles. The second-order valence-electron chi connectivity index (χ2n) is 3.80. The number of hydrogen-bond donors (Lipinski definition) is 0. The molecule has 0 aliphatic rings. The Balaban J connectivity index is 2.54. The standard InChI is InChI=1S/C17H18/c1-4-15(2)14-16(3)10-8-9-13-17-11-6-5-7-12-17/h4-14H,1,3H2,2H3. The Kier molecular flexibility index (Phi) is 5.53. The van der Waals surface area contributed by atoms with Gasteiger partial charge in [0.1, 0.15) is 0 Å². The van der Waals surface area contributed by atoms with Crippen LogP contribution in [-0.4, -0.2) is 0 Å². The predicted molar refractivity (Wildman–Crippen MR) is 77.7 cm³/mol. The fraction of sp³-hybridized carbons (Fsp3) is 0.0588. The van der Waals surface area contributed by atoms with Crippen LogP contribution in [0.1, 0.15) is 12.5 Å². The Bertz CT molecular complexity index is 456. The Labute approximate surface area is 104 Å². The van der Waals surface area contributed by atoms with Gasteiger partial charge in [-0.3, -0.25) is 0 Å². The first-order valence-electron chi connectivity index (χ1n) is 5.62. The van der Waals surface area contributed by atoms with E-state index < -0.39 is 0 Å². The highest BCUT2D eigenvalue weighted by molar-refractivity contribution is 5.51. The van der Waals surface area contributed by atoms with Gasteiger partial charge in [0.2, 0.25) is 0 Å². The lowest BCUT2D eigenvalue weighted by Gasteiger charge is -1.92. The fourth-order valence-electron chi connectivity index (χ4n) is 1.31. The van der Waals surface area contributed by atoms with E-state index in [4.69, 9.17) is 0 Å². The molecule has 0 unspecified atom stereocenters. The summed E-state index contributed by atoms with van der Waals surface area (Å²) in [5.74, 6) is 0. The third kappa shape index (κ3) is 5.53. The zero-order chi connectivity index (χ0) is 12.5. The maximum Gasteiger partial charge on any atom is -0.0257 e. The molecule has 0 nitrogen and oxygen atoms in total. The molecule has 0 radical (unpaired) electrons. The molecule has 86 valence electrons. The molecule has 0 N–H and O–H groups in total. The number of allylic oxidation sites excluding steroid dienone is 7. The molecule has 0 fully saturated rings. The topological polar surface area (TPSA) is 0 Å². The van der Waals surface area contributed by atoms with Crippen molar-refractivity contribution in [3.63, 3.8) is 0 Å². The van der Waals surface area contributed by atoms with Crippen LogP contribution in [0.2, 0.25) is 0 Å². The normalized spacial score (nSPS) is 12.2. The molecular formula is C17H18. The molecule has 0 atom stereocenters. The van der Waals surface area contributed by atoms with E-state index in [2.05, 4.69) is 31.4 Å². The summed E-state index contributed by atoms with van der Waals surface area (Å²) in [5.41, 5.74) is 3.28. The average molecular weight is 222 g/mol. The third-order valence-corrected chi connectivity index (χ3v) is 2.24. The molecule has 0 saturated heterocycles. The number of benzene rings is 1. The van der Waals surface area contributed by atoms with Crippen LogP contribution in [0.4, 0.5) is 0 Å². The van der Waals surface area contributed by atoms with Gasteiger partial charge < -0.3 is 0 Å². The van der Waals surface area contributed by atoms with E-state index in [1.54, 1.807) is 0 Å². The Hall–Kier alpha value is -2.08. The lowest BCUT2D eigenvalue weighted by Crippen LogP contribution is -1.71. The van der Waals surface area contributed by atoms with Crippen molar-refractivity contribution in [3.8, 4) is 0 Å². The van der Waals surface area contributed by atoms with Crippen molar-refractivity contribution in [2.24, 2.45) is 0 Å². The third-order valence-electron chi connectivity index (χ3n) is 2.24. The average Bonchev–Trinajstić information content (AvgIpc) is 2.36. The van der Waals surface area contributed by atoms with Gasteiger partial charge in [0.25, 0.3) is 0 Å². The van der Waals surface area contributed by atoms with Crippen LogP contribution in [0.3, 0.4) is 0 Å². The fourth-order valence-corrected chi connectivity index (χ4v) is 1.31. The van der Waals surface area contributed by atoms with Gasteiger partial charge >= 0.3 is 0 Å². The zero-order valence-corrected chi connectivity index (χ0v) is 10.3. The summed E-state index contributed by atoms with van der Waals surface area (Å²) in [4.78, 5) is 0. The molecule has 0 bridgehead atoms. The minimum Gasteiger partial charge on any atom is -0.0988 e. The van der Waals surface area contributed by atoms with Crippen molar-refractivity contribution in [2.75, 3.05) is 0 Å². The molecule has 0 aliphatic heterocycles. The minimum absolute atomic E-state index is 0.972. The van der Waals surface area contributed by atoms with E-state index in [9.17, 15) is 0 Å². The minimum atomic E-state index is 0.972. The summed E-state index contributed by atoms with van der Waals surface area (Å²) < 4.78 is 0. The second-order valence-corrected chi connectivity index (χ2v) is 3.80. The van der Waals surface area contributed by atoms with Crippen LogP contribution >= 0.6 is 0 Å². The highest BCUT2D eigenvalue weighted by Gasteiger charge is 1.83. The van der Waals surface area contributed by atoms with Gasteiger partial charge in [0, 0.05) is 0 Å². The van der Waals surface area contributed by atoms with Crippen molar-refractivity contribution >= 4 is 6.08 Å². The van der Waals surface area contributed by atoms with Crippen LogP contribution in [0, 0.1) is 0 Å². The van der Waals surface area contributed by atoms with Crippen LogP contribution in [0.15, 0.2) is 85.0 Å². The van der Waals surface area contributed by atoms with Gasteiger partial charge in [-0.1, -0.05) is 85.5 Å². The van der Waals surface area contributed by atoms with E-state index in [1.807, 2.05) is 55.5 Å². The summed E-state index contributed by atoms with van der Waals surface area (Å²) in [6.45, 7) is 9.65. The van der Waals surface area contributed by atoms with Gasteiger partial charge in [-0.2, -0.15) is 0 Å². The zero-order valence-electron chi connectivity index (χ0n) is 10.3. The molecule has 17 heavy (non-hydrogen) atoms. The monoisotopic (exact) mass is 222 g/mol. The summed E-state index contributed by atoms with van der Waals surface area (Å²) in [6, 6.07) is 10.2. The summed E-state index contributed by atoms with van der Waals surface area (Å²) in [7, 11) is 0. The van der Waals surface area contributed by atoms with Gasteiger partial charge in [-0.25, -0.2) is 0 Å². The van der Waals surface area contributed by atoms with E-state index in [0.717, 1.165) is 11.1 Å². The molecule has 0 saturated carbocycles. The quantitative estimate of drug-likeness (QED) is 0.619. The van der Waals surface area contributed by atoms with E-state index in [-0.39, 0.29) is 0 Å². The molecule has 0 spiro atoms. The summed E-state index contributed by atoms with van der Waals surface area (Å²) in [6.07, 6.45) is 11.9. The lowest BCUT2D eigenvalue weighted by atomic mass is 10.1. The molecular weight excluding hydrogens is 204 g/mol. The van der Waals surface area contributed by atoms with Gasteiger partial charge in [-0.05, 0) is 18.1 Å². The first kappa shape index (κ1) is 13.0. The van der Waals surface area contributed by atoms with Gasteiger partial charge in [0.15, 0.2) is 0 Å². The van der Waals surface area contributed by atoms with Crippen molar-refractivity contribution in [2.45, 2.75) is 6.92 Å². The first-order valence-corrected chi connectivity index (χ1v) is 5.62. The maximum absolute atomic E-state index is 3.94. The molecule has 1 rings (SSSR count). The van der Waals surface area contributed by atoms with Crippen molar-refractivity contribution in [1.29, 1.82) is 0 Å². The summed E-state index contributed by atoms with van der Waals surface area (Å²) >= 11 is 0. The number of hydrogen-bond acceptors (Lipinski definition) is 0. The van der Waals surface area contributed by atoms with E-state index >= 15 is 0 Å². The van der Waals surface area contributed by atoms with Crippen molar-refractivity contribution < 1.29 is 0 Å². The lowest BCUT2D eigenvalue weighted by molar-refractivity contribution is 1.51. The van der Waals surface area contributed by atoms with Crippen molar-refractivity contribution in [1.82, 2.24) is 0 Å². The Morgan fingerprint density at radius 3 is 2.47 bits per heavy atom. The van der Waals surface area contributed by atoms with Gasteiger partial charge in [-0.15, -0.1) is 0 Å². The molecule has 0 aliphatic carbocycles. The largest absolute Gasteiger partial charge is 0.0988 e. The Morgan fingerprint density at radius 1 is 1.12 bits per heavy atom. The molecule has 1 aromatic carbocycles. The van der Waals surface area contributed by atoms with Crippen molar-refractivity contribution in [3.05, 3.63) is 90.6 Å². The SMILES string of the molecule is C=CC(C)=CC(=C)C=CC=Cc1ccccc1. The van der Waals surface area contributed by atoms with Crippen LogP contribution in [-0.2, 0) is 0 Å². The number of rotatable bonds is 5. The van der Waals surface area contributed by atoms with Gasteiger partial charge in [0.05, 0.1) is 0 Å². The first-order chi connectivity index (χ1) is 8.22. The molecule has 1 aromatic rings. The van der Waals surface area contributed by atoms with Crippen LogP contribution in [0.5, 0.6) is 0 Å². The maximum atomic E-state index is 3.94. The van der Waals surface area contributed by atoms with Crippen LogP contribution < -0.4 is 0 Å². The van der Waals surface area contributed by atoms with E-state index in [0.29, 0.717) is 0 Å². The Morgan fingerprint density at radius 2 is 1.82 bits per heavy atom. The summed E-state index contributed by atoms with van der Waals surface area (Å²) in [5, 5.41) is 0. The highest BCUT2D eigenvalue weighted by atomic mass is 13.9. The molecule has 0 amide bonds.